The number of nitriles is 2. The molecule has 11 heteroatoms. The summed E-state index contributed by atoms with van der Waals surface area (Å²) >= 11 is 7.40. The molecule has 8 nitrogen and oxygen atoms in total. The van der Waals surface area contributed by atoms with Gasteiger partial charge in [-0.25, -0.2) is 24.9 Å². The van der Waals surface area contributed by atoms with Crippen molar-refractivity contribution in [3.05, 3.63) is 31.5 Å². The zero-order chi connectivity index (χ0) is 12.3. The van der Waals surface area contributed by atoms with Gasteiger partial charge in [-0.3, -0.25) is 15.0 Å². The van der Waals surface area contributed by atoms with E-state index in [1.807, 2.05) is 0 Å². The van der Waals surface area contributed by atoms with Crippen LogP contribution in [-0.4, -0.2) is 15.0 Å². The Hall–Kier alpha value is -1.48. The van der Waals surface area contributed by atoms with Crippen LogP contribution in [0.4, 0.5) is 0 Å². The minimum Gasteiger partial charge on any atom is -0.696 e. The molecule has 1 aromatic rings. The summed E-state index contributed by atoms with van der Waals surface area (Å²) in [5, 5.41) is 16.9. The molecule has 88 valence electrons. The van der Waals surface area contributed by atoms with E-state index in [0.717, 1.165) is 0 Å². The third kappa shape index (κ3) is 15.0. The average Bonchev–Trinajstić information content (AvgIpc) is 2.03. The summed E-state index contributed by atoms with van der Waals surface area (Å²) in [6.07, 6.45) is 0. The van der Waals surface area contributed by atoms with Crippen molar-refractivity contribution in [3.63, 3.8) is 0 Å². The SMILES string of the molecule is N#C[S-].N#C[S-].O=c1[nH]c(=O)[nH]c(=O)[nH]1.[Pt+2]. The van der Waals surface area contributed by atoms with Gasteiger partial charge in [0, 0.05) is 0 Å². The largest absolute Gasteiger partial charge is 2.00 e. The van der Waals surface area contributed by atoms with E-state index in [1.54, 1.807) is 15.0 Å². The molecule has 0 aromatic carbocycles. The monoisotopic (exact) mass is 440 g/mol. The second-order valence-corrected chi connectivity index (χ2v) is 1.91. The summed E-state index contributed by atoms with van der Waals surface area (Å²) in [7, 11) is 0. The van der Waals surface area contributed by atoms with Crippen molar-refractivity contribution in [2.24, 2.45) is 0 Å². The maximum absolute atomic E-state index is 10.2. The van der Waals surface area contributed by atoms with Crippen molar-refractivity contribution in [1.29, 1.82) is 10.5 Å². The Bertz CT molecular complexity index is 430. The van der Waals surface area contributed by atoms with Crippen molar-refractivity contribution >= 4 is 25.3 Å². The first-order valence-corrected chi connectivity index (χ1v) is 3.78. The smallest absolute Gasteiger partial charge is 0.696 e. The summed E-state index contributed by atoms with van der Waals surface area (Å²) in [6, 6.07) is 0. The van der Waals surface area contributed by atoms with Crippen LogP contribution in [0.5, 0.6) is 0 Å². The fraction of sp³-hybridized carbons (Fsp3) is 0. The van der Waals surface area contributed by atoms with Crippen LogP contribution in [-0.2, 0) is 46.3 Å². The van der Waals surface area contributed by atoms with E-state index in [1.165, 1.54) is 10.8 Å². The number of hydrogen-bond donors (Lipinski definition) is 3. The molecule has 0 spiro atoms. The van der Waals surface area contributed by atoms with E-state index < -0.39 is 17.1 Å². The van der Waals surface area contributed by atoms with Gasteiger partial charge in [0.15, 0.2) is 0 Å². The average molecular weight is 440 g/mol. The summed E-state index contributed by atoms with van der Waals surface area (Å²) in [4.78, 5) is 35.9. The maximum atomic E-state index is 10.2. The van der Waals surface area contributed by atoms with Gasteiger partial charge < -0.3 is 25.3 Å². The van der Waals surface area contributed by atoms with Gasteiger partial charge in [0.25, 0.3) is 0 Å². The van der Waals surface area contributed by atoms with Crippen LogP contribution in [0.1, 0.15) is 0 Å². The number of thiocyanates is 2. The number of nitrogens with one attached hydrogen (secondary N) is 3. The number of hydrogen-bond acceptors (Lipinski definition) is 7. The minimum absolute atomic E-state index is 0. The van der Waals surface area contributed by atoms with Crippen LogP contribution in [0.2, 0.25) is 0 Å². The summed E-state index contributed by atoms with van der Waals surface area (Å²) in [5.74, 6) is 0. The van der Waals surface area contributed by atoms with Gasteiger partial charge in [-0.1, -0.05) is 10.8 Å². The summed E-state index contributed by atoms with van der Waals surface area (Å²) in [6.45, 7) is 0. The van der Waals surface area contributed by atoms with Crippen LogP contribution >= 0.6 is 0 Å². The van der Waals surface area contributed by atoms with E-state index in [4.69, 9.17) is 10.5 Å². The number of aromatic nitrogens is 3. The molecule has 0 unspecified atom stereocenters. The predicted molar refractivity (Wildman–Crippen MR) is 54.3 cm³/mol. The van der Waals surface area contributed by atoms with Crippen LogP contribution in [0.25, 0.3) is 0 Å². The molecule has 1 rings (SSSR count). The van der Waals surface area contributed by atoms with Gasteiger partial charge in [-0.2, -0.15) is 0 Å². The van der Waals surface area contributed by atoms with Crippen molar-refractivity contribution < 1.29 is 21.1 Å². The third-order valence-corrected chi connectivity index (χ3v) is 0.681. The van der Waals surface area contributed by atoms with Crippen LogP contribution in [0, 0.1) is 21.3 Å². The molecular formula is C5H3N5O3PtS2. The molecule has 0 radical (unpaired) electrons. The maximum Gasteiger partial charge on any atom is 2.00 e. The summed E-state index contributed by atoms with van der Waals surface area (Å²) in [5.41, 5.74) is -2.41. The van der Waals surface area contributed by atoms with Crippen LogP contribution in [0.3, 0.4) is 0 Å². The quantitative estimate of drug-likeness (QED) is 0.306. The molecule has 0 fully saturated rings. The molecule has 0 aliphatic carbocycles. The molecule has 16 heavy (non-hydrogen) atoms. The molecule has 0 saturated heterocycles. The van der Waals surface area contributed by atoms with Gasteiger partial charge in [0.05, 0.1) is 0 Å². The number of nitrogens with zero attached hydrogens (tertiary/aromatic N) is 2. The molecule has 0 amide bonds. The zero-order valence-corrected chi connectivity index (χ0v) is 11.2. The van der Waals surface area contributed by atoms with Crippen molar-refractivity contribution in [1.82, 2.24) is 15.0 Å². The molecule has 3 N–H and O–H groups in total. The second-order valence-electron chi connectivity index (χ2n) is 1.54. The van der Waals surface area contributed by atoms with Gasteiger partial charge in [0.1, 0.15) is 0 Å². The molecule has 0 aliphatic rings. The molecule has 0 saturated carbocycles. The Labute approximate surface area is 114 Å². The zero-order valence-electron chi connectivity index (χ0n) is 7.25. The number of H-pyrrole nitrogens is 3. The van der Waals surface area contributed by atoms with E-state index in [2.05, 4.69) is 25.3 Å². The predicted octanol–water partition coefficient (Wildman–Crippen LogP) is -2.22. The fourth-order valence-electron chi connectivity index (χ4n) is 0.403. The standard InChI is InChI=1S/C3H3N3O3.2CHNS.Pt/c7-1-4-2(8)6-3(9)5-1;2*2-1-3;/h(H3,4,5,6,7,8,9);2*3H;/q;;;+2/p-2. The molecule has 0 bridgehead atoms. The van der Waals surface area contributed by atoms with E-state index >= 15 is 0 Å². The van der Waals surface area contributed by atoms with Gasteiger partial charge in [-0.15, -0.1) is 0 Å². The van der Waals surface area contributed by atoms with Crippen LogP contribution < -0.4 is 17.1 Å². The molecule has 0 aliphatic heterocycles. The summed E-state index contributed by atoms with van der Waals surface area (Å²) < 4.78 is 0. The Morgan fingerprint density at radius 3 is 1.06 bits per heavy atom. The first-order valence-electron chi connectivity index (χ1n) is 2.97. The number of aromatic amines is 3. The third-order valence-electron chi connectivity index (χ3n) is 0.681. The van der Waals surface area contributed by atoms with Crippen molar-refractivity contribution in [2.45, 2.75) is 0 Å². The molecular weight excluding hydrogens is 437 g/mol. The normalized spacial score (nSPS) is 6.12. The Morgan fingerprint density at radius 1 is 0.812 bits per heavy atom. The van der Waals surface area contributed by atoms with Gasteiger partial charge in [-0.05, 0) is 0 Å². The van der Waals surface area contributed by atoms with Crippen LogP contribution in [0.15, 0.2) is 14.4 Å². The minimum atomic E-state index is -0.802. The van der Waals surface area contributed by atoms with E-state index in [9.17, 15) is 14.4 Å². The molecule has 1 aromatic heterocycles. The van der Waals surface area contributed by atoms with E-state index in [0.29, 0.717) is 0 Å². The van der Waals surface area contributed by atoms with Crippen molar-refractivity contribution in [3.8, 4) is 10.8 Å². The first kappa shape index (κ1) is 20.0. The second kappa shape index (κ2) is 13.5. The molecule has 0 atom stereocenters. The first-order chi connectivity index (χ1) is 7.01. The number of rotatable bonds is 0. The van der Waals surface area contributed by atoms with Gasteiger partial charge in [0.2, 0.25) is 0 Å². The van der Waals surface area contributed by atoms with Gasteiger partial charge >= 0.3 is 38.1 Å². The van der Waals surface area contributed by atoms with Crippen molar-refractivity contribution in [2.75, 3.05) is 0 Å². The topological polar surface area (TPSA) is 146 Å². The Kier molecular flexibility index (Phi) is 16.9. The molecule has 1 heterocycles. The Morgan fingerprint density at radius 2 is 0.938 bits per heavy atom. The Balaban J connectivity index is -0.000000207. The van der Waals surface area contributed by atoms with E-state index in [-0.39, 0.29) is 21.1 Å². The fourth-order valence-corrected chi connectivity index (χ4v) is 0.403.